The lowest BCUT2D eigenvalue weighted by molar-refractivity contribution is 0.0916. The van der Waals surface area contributed by atoms with Crippen molar-refractivity contribution in [3.63, 3.8) is 0 Å². The maximum Gasteiger partial charge on any atom is 0.409 e. The van der Waals surface area contributed by atoms with E-state index >= 15 is 0 Å². The fourth-order valence-electron chi connectivity index (χ4n) is 3.22. The molecule has 0 aliphatic carbocycles. The van der Waals surface area contributed by atoms with Crippen LogP contribution in [0.5, 0.6) is 0 Å². The van der Waals surface area contributed by atoms with E-state index < -0.39 is 0 Å². The van der Waals surface area contributed by atoms with Gasteiger partial charge in [0.25, 0.3) is 5.89 Å². The summed E-state index contributed by atoms with van der Waals surface area (Å²) in [6.45, 7) is 3.62. The van der Waals surface area contributed by atoms with Crippen LogP contribution in [0.4, 0.5) is 4.79 Å². The minimum atomic E-state index is -0.229. The molecule has 0 unspecified atom stereocenters. The predicted molar refractivity (Wildman–Crippen MR) is 92.3 cm³/mol. The van der Waals surface area contributed by atoms with Gasteiger partial charge < -0.3 is 18.6 Å². The Balaban J connectivity index is 1.38. The van der Waals surface area contributed by atoms with Gasteiger partial charge in [0.1, 0.15) is 5.58 Å². The van der Waals surface area contributed by atoms with E-state index in [1.165, 1.54) is 0 Å². The van der Waals surface area contributed by atoms with E-state index in [9.17, 15) is 4.79 Å². The van der Waals surface area contributed by atoms with Gasteiger partial charge in [-0.05, 0) is 37.8 Å². The van der Waals surface area contributed by atoms with Crippen molar-refractivity contribution in [1.29, 1.82) is 0 Å². The van der Waals surface area contributed by atoms with E-state index in [1.54, 1.807) is 23.4 Å². The number of rotatable bonds is 4. The molecule has 1 saturated heterocycles. The average molecular weight is 356 g/mol. The van der Waals surface area contributed by atoms with E-state index in [0.717, 1.165) is 30.2 Å². The fraction of sp³-hybridized carbons (Fsp3) is 0.444. The summed E-state index contributed by atoms with van der Waals surface area (Å²) in [6.07, 6.45) is 5.71. The maximum absolute atomic E-state index is 11.7. The van der Waals surface area contributed by atoms with E-state index in [0.29, 0.717) is 43.1 Å². The average Bonchev–Trinajstić information content (AvgIpc) is 3.29. The number of ether oxygens (including phenoxy) is 1. The van der Waals surface area contributed by atoms with Gasteiger partial charge in [0.05, 0.1) is 6.61 Å². The summed E-state index contributed by atoms with van der Waals surface area (Å²) in [6, 6.07) is 3.64. The summed E-state index contributed by atoms with van der Waals surface area (Å²) in [4.78, 5) is 22.0. The zero-order valence-electron chi connectivity index (χ0n) is 14.6. The van der Waals surface area contributed by atoms with Crippen molar-refractivity contribution in [2.75, 3.05) is 19.7 Å². The number of furan rings is 1. The Morgan fingerprint density at radius 3 is 3.00 bits per heavy atom. The van der Waals surface area contributed by atoms with Gasteiger partial charge in [-0.3, -0.25) is 4.98 Å². The molecule has 0 atom stereocenters. The van der Waals surface area contributed by atoms with Gasteiger partial charge in [0.2, 0.25) is 0 Å². The van der Waals surface area contributed by atoms with Gasteiger partial charge in [-0.25, -0.2) is 4.79 Å². The van der Waals surface area contributed by atoms with Crippen LogP contribution in [0.25, 0.3) is 22.6 Å². The molecule has 0 saturated carbocycles. The summed E-state index contributed by atoms with van der Waals surface area (Å²) in [5, 5.41) is 4.97. The van der Waals surface area contributed by atoms with Crippen molar-refractivity contribution in [3.05, 3.63) is 30.4 Å². The molecular weight excluding hydrogens is 336 g/mol. The van der Waals surface area contributed by atoms with Crippen molar-refractivity contribution < 1.29 is 18.5 Å². The first-order chi connectivity index (χ1) is 12.7. The molecule has 0 N–H and O–H groups in total. The second-order valence-electron chi connectivity index (χ2n) is 6.37. The van der Waals surface area contributed by atoms with E-state index in [4.69, 9.17) is 13.7 Å². The third-order valence-electron chi connectivity index (χ3n) is 4.61. The third-order valence-corrected chi connectivity index (χ3v) is 4.61. The second-order valence-corrected chi connectivity index (χ2v) is 6.37. The van der Waals surface area contributed by atoms with Crippen LogP contribution in [-0.2, 0) is 11.2 Å². The largest absolute Gasteiger partial charge is 0.451 e. The van der Waals surface area contributed by atoms with E-state index in [1.807, 2.05) is 13.0 Å². The number of pyridine rings is 1. The van der Waals surface area contributed by atoms with Crippen LogP contribution in [0, 0.1) is 5.92 Å². The molecule has 3 aromatic heterocycles. The normalized spacial score (nSPS) is 15.5. The van der Waals surface area contributed by atoms with E-state index in [2.05, 4.69) is 15.1 Å². The molecule has 0 radical (unpaired) electrons. The molecule has 8 heteroatoms. The number of hydrogen-bond acceptors (Lipinski definition) is 7. The quantitative estimate of drug-likeness (QED) is 0.708. The smallest absolute Gasteiger partial charge is 0.409 e. The van der Waals surface area contributed by atoms with Gasteiger partial charge in [-0.2, -0.15) is 4.98 Å². The highest BCUT2D eigenvalue weighted by Gasteiger charge is 2.25. The molecule has 1 aliphatic heterocycles. The number of amides is 1. The zero-order valence-corrected chi connectivity index (χ0v) is 14.6. The molecule has 0 aromatic carbocycles. The SMILES string of the molecule is CCOC(=O)N1CCC(Cc2noc(-c3cc4cnccc4o3)n2)CC1. The molecule has 1 fully saturated rings. The summed E-state index contributed by atoms with van der Waals surface area (Å²) >= 11 is 0. The van der Waals surface area contributed by atoms with Crippen molar-refractivity contribution in [2.45, 2.75) is 26.2 Å². The molecule has 0 bridgehead atoms. The number of carbonyl (C=O) groups is 1. The number of fused-ring (bicyclic) bond motifs is 1. The number of hydrogen-bond donors (Lipinski definition) is 0. The Bertz CT molecular complexity index is 862. The van der Waals surface area contributed by atoms with Crippen LogP contribution in [0.15, 0.2) is 33.5 Å². The predicted octanol–water partition coefficient (Wildman–Crippen LogP) is 3.29. The fourth-order valence-corrected chi connectivity index (χ4v) is 3.22. The summed E-state index contributed by atoms with van der Waals surface area (Å²) in [7, 11) is 0. The van der Waals surface area contributed by atoms with Gasteiger partial charge in [0, 0.05) is 37.3 Å². The molecule has 26 heavy (non-hydrogen) atoms. The Labute approximate surface area is 150 Å². The standard InChI is InChI=1S/C18H20N4O4/c1-2-24-18(23)22-7-4-12(5-8-22)9-16-20-17(26-21-16)15-10-13-11-19-6-3-14(13)25-15/h3,6,10-12H,2,4-5,7-9H2,1H3. The van der Waals surface area contributed by atoms with Gasteiger partial charge in [-0.1, -0.05) is 5.16 Å². The number of aromatic nitrogens is 3. The minimum Gasteiger partial charge on any atom is -0.451 e. The Kier molecular flexibility index (Phi) is 4.55. The zero-order chi connectivity index (χ0) is 17.9. The lowest BCUT2D eigenvalue weighted by atomic mass is 9.93. The Morgan fingerprint density at radius 2 is 2.23 bits per heavy atom. The van der Waals surface area contributed by atoms with Crippen LogP contribution < -0.4 is 0 Å². The molecule has 1 amide bonds. The van der Waals surface area contributed by atoms with Crippen molar-refractivity contribution in [1.82, 2.24) is 20.0 Å². The monoisotopic (exact) mass is 356 g/mol. The van der Waals surface area contributed by atoms with Crippen LogP contribution in [0.2, 0.25) is 0 Å². The highest BCUT2D eigenvalue weighted by molar-refractivity contribution is 5.80. The molecule has 8 nitrogen and oxygen atoms in total. The van der Waals surface area contributed by atoms with Crippen LogP contribution >= 0.6 is 0 Å². The molecule has 4 rings (SSSR count). The van der Waals surface area contributed by atoms with Crippen molar-refractivity contribution in [3.8, 4) is 11.7 Å². The van der Waals surface area contributed by atoms with Gasteiger partial charge in [-0.15, -0.1) is 0 Å². The first-order valence-electron chi connectivity index (χ1n) is 8.81. The van der Waals surface area contributed by atoms with Crippen molar-refractivity contribution in [2.24, 2.45) is 5.92 Å². The summed E-state index contributed by atoms with van der Waals surface area (Å²) in [5.74, 6) is 2.00. The highest BCUT2D eigenvalue weighted by Crippen LogP contribution is 2.27. The summed E-state index contributed by atoms with van der Waals surface area (Å²) in [5.41, 5.74) is 0.737. The van der Waals surface area contributed by atoms with Gasteiger partial charge >= 0.3 is 6.09 Å². The molecule has 1 aliphatic rings. The topological polar surface area (TPSA) is 94.5 Å². The molecule has 3 aromatic rings. The van der Waals surface area contributed by atoms with Crippen LogP contribution in [0.1, 0.15) is 25.6 Å². The first kappa shape index (κ1) is 16.6. The third kappa shape index (κ3) is 3.40. The van der Waals surface area contributed by atoms with Gasteiger partial charge in [0.15, 0.2) is 11.6 Å². The number of carbonyl (C=O) groups excluding carboxylic acids is 1. The van der Waals surface area contributed by atoms with Crippen LogP contribution in [0.3, 0.4) is 0 Å². The molecular formula is C18H20N4O4. The first-order valence-corrected chi connectivity index (χ1v) is 8.81. The van der Waals surface area contributed by atoms with Crippen LogP contribution in [-0.4, -0.2) is 45.8 Å². The lowest BCUT2D eigenvalue weighted by Crippen LogP contribution is -2.39. The minimum absolute atomic E-state index is 0.229. The maximum atomic E-state index is 11.7. The number of nitrogens with zero attached hydrogens (tertiary/aromatic N) is 4. The highest BCUT2D eigenvalue weighted by atomic mass is 16.6. The second kappa shape index (κ2) is 7.15. The lowest BCUT2D eigenvalue weighted by Gasteiger charge is -2.30. The Morgan fingerprint density at radius 1 is 1.38 bits per heavy atom. The Hall–Kier alpha value is -2.90. The molecule has 0 spiro atoms. The number of piperidine rings is 1. The van der Waals surface area contributed by atoms with Crippen molar-refractivity contribution >= 4 is 17.1 Å². The number of likely N-dealkylation sites (tertiary alicyclic amines) is 1. The summed E-state index contributed by atoms with van der Waals surface area (Å²) < 4.78 is 16.1. The van der Waals surface area contributed by atoms with E-state index in [-0.39, 0.29) is 6.09 Å². The molecule has 136 valence electrons. The molecule has 4 heterocycles.